The van der Waals surface area contributed by atoms with Crippen molar-refractivity contribution in [3.63, 3.8) is 0 Å². The minimum atomic E-state index is -0.255. The van der Waals surface area contributed by atoms with Crippen LogP contribution in [0.3, 0.4) is 0 Å². The average molecular weight is 470 g/mol. The normalized spacial score (nSPS) is 11.0. The molecule has 6 nitrogen and oxygen atoms in total. The van der Waals surface area contributed by atoms with Crippen LogP contribution < -0.4 is 15.8 Å². The number of aromatic nitrogens is 1. The highest BCUT2D eigenvalue weighted by Gasteiger charge is 2.23. The quantitative estimate of drug-likeness (QED) is 0.299. The lowest BCUT2D eigenvalue weighted by Gasteiger charge is -2.11. The van der Waals surface area contributed by atoms with E-state index >= 15 is 0 Å². The average Bonchev–Trinajstić information content (AvgIpc) is 3.49. The predicted molar refractivity (Wildman–Crippen MR) is 138 cm³/mol. The van der Waals surface area contributed by atoms with Crippen LogP contribution in [-0.2, 0) is 0 Å². The third-order valence-corrected chi connectivity index (χ3v) is 6.90. The summed E-state index contributed by atoms with van der Waals surface area (Å²) in [6.07, 6.45) is 1.62. The molecule has 0 atom stereocenters. The Bertz CT molecular complexity index is 1480. The summed E-state index contributed by atoms with van der Waals surface area (Å²) in [5, 5.41) is 3.75. The number of amides is 1. The zero-order valence-corrected chi connectivity index (χ0v) is 19.8. The molecule has 0 fully saturated rings. The fourth-order valence-electron chi connectivity index (χ4n) is 4.01. The topological polar surface area (TPSA) is 90.4 Å². The van der Waals surface area contributed by atoms with Crippen LogP contribution in [0.25, 0.3) is 32.8 Å². The molecule has 0 aliphatic heterocycles. The molecular formula is C27H23N3O3S. The number of nitrogens with zero attached hydrogens (tertiary/aromatic N) is 1. The summed E-state index contributed by atoms with van der Waals surface area (Å²) in [7, 11) is 1.63. The summed E-state index contributed by atoms with van der Waals surface area (Å²) in [6, 6.07) is 19.2. The van der Waals surface area contributed by atoms with Crippen LogP contribution in [0.1, 0.15) is 20.8 Å². The number of thiophene rings is 1. The molecule has 0 aliphatic carbocycles. The monoisotopic (exact) mass is 469 g/mol. The molecule has 7 heteroatoms. The first-order valence-electron chi connectivity index (χ1n) is 10.7. The fourth-order valence-corrected chi connectivity index (χ4v) is 5.02. The number of hydrogen-bond acceptors (Lipinski definition) is 6. The molecule has 3 aromatic heterocycles. The molecule has 3 heterocycles. The number of nitrogens with two attached hydrogens (primary N) is 1. The summed E-state index contributed by atoms with van der Waals surface area (Å²) in [6.45, 7) is 3.93. The van der Waals surface area contributed by atoms with Crippen LogP contribution in [0, 0.1) is 13.8 Å². The number of ether oxygens (including phenoxy) is 1. The lowest BCUT2D eigenvalue weighted by Crippen LogP contribution is -2.13. The van der Waals surface area contributed by atoms with E-state index in [1.54, 1.807) is 13.4 Å². The van der Waals surface area contributed by atoms with Gasteiger partial charge in [0, 0.05) is 22.2 Å². The van der Waals surface area contributed by atoms with Gasteiger partial charge in [-0.05, 0) is 67.4 Å². The number of carbonyl (C=O) groups is 1. The number of para-hydroxylation sites is 1. The zero-order valence-electron chi connectivity index (χ0n) is 19.0. The number of rotatable bonds is 5. The van der Waals surface area contributed by atoms with Crippen molar-refractivity contribution >= 4 is 38.8 Å². The molecule has 170 valence electrons. The number of aryl methyl sites for hydroxylation is 2. The van der Waals surface area contributed by atoms with E-state index < -0.39 is 0 Å². The maximum atomic E-state index is 13.3. The number of fused-ring (bicyclic) bond motifs is 1. The van der Waals surface area contributed by atoms with Crippen LogP contribution in [0.2, 0.25) is 0 Å². The maximum Gasteiger partial charge on any atom is 0.267 e. The number of nitrogens with one attached hydrogen (secondary N) is 1. The highest BCUT2D eigenvalue weighted by Crippen LogP contribution is 2.42. The minimum Gasteiger partial charge on any atom is -0.497 e. The van der Waals surface area contributed by atoms with Crippen LogP contribution in [0.5, 0.6) is 5.75 Å². The van der Waals surface area contributed by atoms with Gasteiger partial charge in [-0.25, -0.2) is 4.98 Å². The smallest absolute Gasteiger partial charge is 0.267 e. The van der Waals surface area contributed by atoms with E-state index in [0.29, 0.717) is 26.5 Å². The Kier molecular flexibility index (Phi) is 5.55. The Labute approximate surface area is 201 Å². The van der Waals surface area contributed by atoms with Gasteiger partial charge in [0.05, 0.1) is 24.8 Å². The third-order valence-electron chi connectivity index (χ3n) is 5.80. The van der Waals surface area contributed by atoms with Crippen molar-refractivity contribution in [2.24, 2.45) is 0 Å². The first-order valence-corrected chi connectivity index (χ1v) is 11.6. The van der Waals surface area contributed by atoms with Crippen LogP contribution >= 0.6 is 11.3 Å². The van der Waals surface area contributed by atoms with Gasteiger partial charge in [-0.1, -0.05) is 18.2 Å². The van der Waals surface area contributed by atoms with Gasteiger partial charge < -0.3 is 20.2 Å². The van der Waals surface area contributed by atoms with E-state index in [9.17, 15) is 4.79 Å². The number of benzene rings is 2. The largest absolute Gasteiger partial charge is 0.497 e. The van der Waals surface area contributed by atoms with Crippen molar-refractivity contribution in [2.45, 2.75) is 13.8 Å². The summed E-state index contributed by atoms with van der Waals surface area (Å²) in [5.74, 6) is 1.17. The van der Waals surface area contributed by atoms with Gasteiger partial charge in [0.2, 0.25) is 0 Å². The molecule has 0 radical (unpaired) electrons. The molecule has 34 heavy (non-hydrogen) atoms. The predicted octanol–water partition coefficient (Wildman–Crippen LogP) is 6.68. The number of hydrogen-bond donors (Lipinski definition) is 2. The first kappa shape index (κ1) is 21.7. The lowest BCUT2D eigenvalue weighted by atomic mass is 10.0. The van der Waals surface area contributed by atoms with Crippen molar-refractivity contribution in [1.82, 2.24) is 4.98 Å². The number of pyridine rings is 1. The Morgan fingerprint density at radius 2 is 1.79 bits per heavy atom. The van der Waals surface area contributed by atoms with E-state index in [2.05, 4.69) is 5.32 Å². The van der Waals surface area contributed by atoms with Crippen molar-refractivity contribution in [1.29, 1.82) is 0 Å². The van der Waals surface area contributed by atoms with Gasteiger partial charge in [0.15, 0.2) is 0 Å². The molecule has 5 rings (SSSR count). The van der Waals surface area contributed by atoms with Crippen molar-refractivity contribution in [3.05, 3.63) is 82.9 Å². The molecule has 0 saturated heterocycles. The standard InChI is InChI=1S/C27H23N3O3S/c1-15-6-4-7-16(2)24(15)30-26(31)25-23(28)22-19(21-8-5-13-33-21)14-20(29-27(22)34-25)17-9-11-18(32-3)12-10-17/h4-14H,28H2,1-3H3,(H,30,31). The summed E-state index contributed by atoms with van der Waals surface area (Å²) in [4.78, 5) is 19.2. The molecule has 0 saturated carbocycles. The molecule has 0 unspecified atom stereocenters. The SMILES string of the molecule is COc1ccc(-c2cc(-c3ccco3)c3c(N)c(C(=O)Nc4c(C)cccc4C)sc3n2)cc1. The molecule has 0 aliphatic rings. The summed E-state index contributed by atoms with van der Waals surface area (Å²) >= 11 is 1.28. The maximum absolute atomic E-state index is 13.3. The van der Waals surface area contributed by atoms with Gasteiger partial charge in [-0.15, -0.1) is 11.3 Å². The first-order chi connectivity index (χ1) is 16.5. The Hall–Kier alpha value is -4.10. The summed E-state index contributed by atoms with van der Waals surface area (Å²) < 4.78 is 11.0. The number of methoxy groups -OCH3 is 1. The van der Waals surface area contributed by atoms with Crippen molar-refractivity contribution in [2.75, 3.05) is 18.2 Å². The van der Waals surface area contributed by atoms with E-state index in [1.807, 2.05) is 74.5 Å². The van der Waals surface area contributed by atoms with Crippen molar-refractivity contribution < 1.29 is 13.9 Å². The number of nitrogen functional groups attached to an aromatic ring is 1. The van der Waals surface area contributed by atoms with Gasteiger partial charge in [0.25, 0.3) is 5.91 Å². The van der Waals surface area contributed by atoms with Gasteiger partial charge in [-0.2, -0.15) is 0 Å². The Morgan fingerprint density at radius 1 is 1.06 bits per heavy atom. The molecule has 0 spiro atoms. The van der Waals surface area contributed by atoms with Gasteiger partial charge in [-0.3, -0.25) is 4.79 Å². The minimum absolute atomic E-state index is 0.255. The van der Waals surface area contributed by atoms with E-state index in [1.165, 1.54) is 11.3 Å². The number of anilines is 2. The third kappa shape index (κ3) is 3.80. The second kappa shape index (κ2) is 8.68. The van der Waals surface area contributed by atoms with E-state index in [4.69, 9.17) is 19.9 Å². The van der Waals surface area contributed by atoms with E-state index in [0.717, 1.165) is 39.4 Å². The second-order valence-corrected chi connectivity index (χ2v) is 9.01. The number of carbonyl (C=O) groups excluding carboxylic acids is 1. The fraction of sp³-hybridized carbons (Fsp3) is 0.111. The molecule has 0 bridgehead atoms. The second-order valence-electron chi connectivity index (χ2n) is 8.01. The van der Waals surface area contributed by atoms with Crippen LogP contribution in [-0.4, -0.2) is 18.0 Å². The van der Waals surface area contributed by atoms with Crippen LogP contribution in [0.15, 0.2) is 71.3 Å². The lowest BCUT2D eigenvalue weighted by molar-refractivity contribution is 0.103. The highest BCUT2D eigenvalue weighted by molar-refractivity contribution is 7.21. The van der Waals surface area contributed by atoms with Gasteiger partial charge in [0.1, 0.15) is 21.2 Å². The van der Waals surface area contributed by atoms with Gasteiger partial charge >= 0.3 is 0 Å². The Morgan fingerprint density at radius 3 is 2.44 bits per heavy atom. The van der Waals surface area contributed by atoms with Crippen molar-refractivity contribution in [3.8, 4) is 28.3 Å². The molecule has 2 aromatic carbocycles. The Balaban J connectivity index is 1.65. The van der Waals surface area contributed by atoms with Crippen LogP contribution in [0.4, 0.5) is 11.4 Å². The zero-order chi connectivity index (χ0) is 23.8. The molecule has 5 aromatic rings. The molecule has 3 N–H and O–H groups in total. The highest BCUT2D eigenvalue weighted by atomic mass is 32.1. The molecular weight excluding hydrogens is 446 g/mol. The summed E-state index contributed by atoms with van der Waals surface area (Å²) in [5.41, 5.74) is 12.2. The molecule has 1 amide bonds. The number of furan rings is 1. The van der Waals surface area contributed by atoms with E-state index in [-0.39, 0.29) is 5.91 Å².